The van der Waals surface area contributed by atoms with E-state index >= 15 is 0 Å². The summed E-state index contributed by atoms with van der Waals surface area (Å²) in [5.41, 5.74) is 2.66. The third kappa shape index (κ3) is 3.49. The van der Waals surface area contributed by atoms with E-state index in [2.05, 4.69) is 10.2 Å². The van der Waals surface area contributed by atoms with E-state index in [0.717, 1.165) is 48.6 Å². The van der Waals surface area contributed by atoms with Crippen LogP contribution in [0.1, 0.15) is 19.8 Å². The van der Waals surface area contributed by atoms with Gasteiger partial charge >= 0.3 is 0 Å². The Morgan fingerprint density at radius 2 is 1.89 bits per heavy atom. The van der Waals surface area contributed by atoms with Crippen molar-refractivity contribution in [3.63, 3.8) is 0 Å². The summed E-state index contributed by atoms with van der Waals surface area (Å²) in [6, 6.07) is 12.1. The molecule has 0 bridgehead atoms. The molecule has 1 aliphatic rings. The lowest BCUT2D eigenvalue weighted by Crippen LogP contribution is -2.44. The fraction of sp³-hybridized carbons (Fsp3) is 0.350. The maximum absolute atomic E-state index is 11.2. The third-order valence-electron chi connectivity index (χ3n) is 5.06. The van der Waals surface area contributed by atoms with E-state index in [1.54, 1.807) is 6.92 Å². The molecule has 1 aliphatic heterocycles. The normalized spacial score (nSPS) is 15.3. The van der Waals surface area contributed by atoms with Gasteiger partial charge in [0.15, 0.2) is 5.82 Å². The predicted octanol–water partition coefficient (Wildman–Crippen LogP) is 3.39. The first-order valence-corrected chi connectivity index (χ1v) is 9.51. The van der Waals surface area contributed by atoms with Crippen LogP contribution in [0.15, 0.2) is 36.4 Å². The van der Waals surface area contributed by atoms with Crippen molar-refractivity contribution in [2.75, 3.05) is 18.0 Å². The number of carbonyl (C=O) groups excluding carboxylic acids is 1. The second-order valence-electron chi connectivity index (χ2n) is 6.94. The molecule has 0 radical (unpaired) electrons. The number of carbonyl (C=O) groups is 1. The van der Waals surface area contributed by atoms with Crippen molar-refractivity contribution in [3.05, 3.63) is 41.4 Å². The highest BCUT2D eigenvalue weighted by Crippen LogP contribution is 2.30. The summed E-state index contributed by atoms with van der Waals surface area (Å²) >= 11 is 6.47. The summed E-state index contributed by atoms with van der Waals surface area (Å²) in [4.78, 5) is 23.0. The molecule has 4 rings (SSSR count). The van der Waals surface area contributed by atoms with E-state index in [0.29, 0.717) is 10.7 Å². The van der Waals surface area contributed by atoms with Crippen LogP contribution >= 0.6 is 11.6 Å². The molecule has 1 fully saturated rings. The number of imidazole rings is 1. The van der Waals surface area contributed by atoms with Crippen molar-refractivity contribution >= 4 is 34.4 Å². The van der Waals surface area contributed by atoms with Gasteiger partial charge in [-0.2, -0.15) is 0 Å². The quantitative estimate of drug-likeness (QED) is 0.753. The minimum absolute atomic E-state index is 0.0298. The first-order chi connectivity index (χ1) is 13.0. The molecule has 0 spiro atoms. The van der Waals surface area contributed by atoms with Crippen LogP contribution in [0.4, 0.5) is 5.82 Å². The van der Waals surface area contributed by atoms with Crippen LogP contribution in [0.5, 0.6) is 0 Å². The van der Waals surface area contributed by atoms with Gasteiger partial charge in [0, 0.05) is 33.1 Å². The smallest absolute Gasteiger partial charge is 0.217 e. The average molecular weight is 384 g/mol. The second-order valence-corrected chi connectivity index (χ2v) is 7.35. The molecular formula is C20H22ClN5O. The van der Waals surface area contributed by atoms with Gasteiger partial charge in [-0.15, -0.1) is 0 Å². The molecule has 0 aliphatic carbocycles. The number of fused-ring (bicyclic) bond motifs is 1. The number of nitrogens with one attached hydrogen (secondary N) is 1. The van der Waals surface area contributed by atoms with Crippen molar-refractivity contribution < 1.29 is 4.79 Å². The molecule has 2 aromatic heterocycles. The second kappa shape index (κ2) is 7.19. The van der Waals surface area contributed by atoms with Gasteiger partial charge in [-0.3, -0.25) is 4.79 Å². The number of halogens is 1. The maximum Gasteiger partial charge on any atom is 0.217 e. The first kappa shape index (κ1) is 17.8. The highest BCUT2D eigenvalue weighted by atomic mass is 35.5. The maximum atomic E-state index is 11.2. The van der Waals surface area contributed by atoms with Crippen LogP contribution in [-0.4, -0.2) is 39.6 Å². The fourth-order valence-electron chi connectivity index (χ4n) is 3.66. The van der Waals surface area contributed by atoms with Gasteiger partial charge in [-0.25, -0.2) is 9.97 Å². The Balaban J connectivity index is 1.62. The number of anilines is 1. The Morgan fingerprint density at radius 1 is 1.15 bits per heavy atom. The number of pyridine rings is 1. The third-order valence-corrected chi connectivity index (χ3v) is 5.36. The van der Waals surface area contributed by atoms with Crippen LogP contribution < -0.4 is 10.2 Å². The summed E-state index contributed by atoms with van der Waals surface area (Å²) in [6.45, 7) is 3.26. The fourth-order valence-corrected chi connectivity index (χ4v) is 3.85. The van der Waals surface area contributed by atoms with Gasteiger partial charge in [0.05, 0.1) is 16.1 Å². The molecule has 3 aromatic rings. The molecule has 6 nitrogen and oxygen atoms in total. The molecule has 1 N–H and O–H groups in total. The highest BCUT2D eigenvalue weighted by Gasteiger charge is 2.22. The van der Waals surface area contributed by atoms with E-state index in [9.17, 15) is 4.79 Å². The zero-order valence-corrected chi connectivity index (χ0v) is 16.2. The molecule has 0 unspecified atom stereocenters. The first-order valence-electron chi connectivity index (χ1n) is 9.13. The van der Waals surface area contributed by atoms with Crippen molar-refractivity contribution in [2.24, 2.45) is 7.05 Å². The molecule has 3 heterocycles. The Hall–Kier alpha value is -2.60. The number of amides is 1. The standard InChI is InChI=1S/C20H22ClN5O/c1-13(27)22-14-9-11-26(12-10-14)18-8-7-15(21)19(24-18)20-23-16-5-3-4-6-17(16)25(20)2/h3-8,14H,9-12H2,1-2H3,(H,22,27). The van der Waals surface area contributed by atoms with Gasteiger partial charge in [-0.1, -0.05) is 23.7 Å². The molecule has 7 heteroatoms. The van der Waals surface area contributed by atoms with Gasteiger partial charge in [0.2, 0.25) is 5.91 Å². The number of nitrogens with zero attached hydrogens (tertiary/aromatic N) is 4. The molecular weight excluding hydrogens is 362 g/mol. The number of aromatic nitrogens is 3. The van der Waals surface area contributed by atoms with Crippen molar-refractivity contribution in [1.82, 2.24) is 19.9 Å². The summed E-state index contributed by atoms with van der Waals surface area (Å²) in [7, 11) is 1.98. The predicted molar refractivity (Wildman–Crippen MR) is 108 cm³/mol. The molecule has 0 saturated carbocycles. The van der Waals surface area contributed by atoms with E-state index < -0.39 is 0 Å². The number of para-hydroxylation sites is 2. The van der Waals surface area contributed by atoms with E-state index in [4.69, 9.17) is 21.6 Å². The van der Waals surface area contributed by atoms with Crippen LogP contribution in [-0.2, 0) is 11.8 Å². The summed E-state index contributed by atoms with van der Waals surface area (Å²) in [5.74, 6) is 1.68. The number of benzene rings is 1. The monoisotopic (exact) mass is 383 g/mol. The van der Waals surface area contributed by atoms with Crippen LogP contribution in [0, 0.1) is 0 Å². The zero-order chi connectivity index (χ0) is 19.0. The number of hydrogen-bond donors (Lipinski definition) is 1. The highest BCUT2D eigenvalue weighted by molar-refractivity contribution is 6.33. The molecule has 1 aromatic carbocycles. The lowest BCUT2D eigenvalue weighted by molar-refractivity contribution is -0.119. The van der Waals surface area contributed by atoms with E-state index in [1.165, 1.54) is 0 Å². The summed E-state index contributed by atoms with van der Waals surface area (Å²) in [5, 5.41) is 3.59. The van der Waals surface area contributed by atoms with Crippen LogP contribution in [0.3, 0.4) is 0 Å². The van der Waals surface area contributed by atoms with Crippen molar-refractivity contribution in [2.45, 2.75) is 25.8 Å². The van der Waals surface area contributed by atoms with Crippen molar-refractivity contribution in [3.8, 4) is 11.5 Å². The lowest BCUT2D eigenvalue weighted by Gasteiger charge is -2.33. The summed E-state index contributed by atoms with van der Waals surface area (Å²) in [6.07, 6.45) is 1.82. The number of rotatable bonds is 3. The van der Waals surface area contributed by atoms with Gasteiger partial charge in [0.1, 0.15) is 11.5 Å². The van der Waals surface area contributed by atoms with Crippen LogP contribution in [0.2, 0.25) is 5.02 Å². The SMILES string of the molecule is CC(=O)NC1CCN(c2ccc(Cl)c(-c3nc4ccccc4n3C)n2)CC1. The molecule has 0 atom stereocenters. The number of hydrogen-bond acceptors (Lipinski definition) is 4. The summed E-state index contributed by atoms with van der Waals surface area (Å²) < 4.78 is 2.02. The lowest BCUT2D eigenvalue weighted by atomic mass is 10.1. The average Bonchev–Trinajstić information content (AvgIpc) is 2.99. The van der Waals surface area contributed by atoms with Gasteiger partial charge < -0.3 is 14.8 Å². The number of piperidine rings is 1. The van der Waals surface area contributed by atoms with Gasteiger partial charge in [-0.05, 0) is 37.1 Å². The van der Waals surface area contributed by atoms with E-state index in [-0.39, 0.29) is 11.9 Å². The number of aryl methyl sites for hydroxylation is 1. The molecule has 27 heavy (non-hydrogen) atoms. The minimum Gasteiger partial charge on any atom is -0.356 e. The van der Waals surface area contributed by atoms with E-state index in [1.807, 2.05) is 48.0 Å². The van der Waals surface area contributed by atoms with Crippen LogP contribution in [0.25, 0.3) is 22.6 Å². The van der Waals surface area contributed by atoms with Gasteiger partial charge in [0.25, 0.3) is 0 Å². The molecule has 1 saturated heterocycles. The minimum atomic E-state index is 0.0298. The molecule has 140 valence electrons. The Bertz CT molecular complexity index is 991. The van der Waals surface area contributed by atoms with Crippen molar-refractivity contribution in [1.29, 1.82) is 0 Å². The Kier molecular flexibility index (Phi) is 4.74. The largest absolute Gasteiger partial charge is 0.356 e. The Labute approximate surface area is 163 Å². The topological polar surface area (TPSA) is 63.1 Å². The zero-order valence-electron chi connectivity index (χ0n) is 15.4. The molecule has 1 amide bonds. The Morgan fingerprint density at radius 3 is 2.59 bits per heavy atom.